The van der Waals surface area contributed by atoms with E-state index < -0.39 is 16.9 Å². The van der Waals surface area contributed by atoms with E-state index in [-0.39, 0.29) is 17.4 Å². The Bertz CT molecular complexity index is 786. The van der Waals surface area contributed by atoms with E-state index in [0.717, 1.165) is 25.7 Å². The summed E-state index contributed by atoms with van der Waals surface area (Å²) >= 11 is 5.97. The molecule has 5 rings (SSSR count). The highest BCUT2D eigenvalue weighted by atomic mass is 35.5. The molecule has 4 aliphatic carbocycles. The molecule has 4 fully saturated rings. The van der Waals surface area contributed by atoms with Crippen LogP contribution >= 0.6 is 11.6 Å². The number of carbonyl (C=O) groups is 2. The zero-order valence-electron chi connectivity index (χ0n) is 16.8. The molecule has 6 nitrogen and oxygen atoms in total. The van der Waals surface area contributed by atoms with Gasteiger partial charge in [0.1, 0.15) is 12.4 Å². The number of rotatable bonds is 9. The van der Waals surface area contributed by atoms with Crippen molar-refractivity contribution in [1.29, 1.82) is 0 Å². The number of hydrogen-bond donors (Lipinski definition) is 3. The molecular weight excluding hydrogens is 392 g/mol. The van der Waals surface area contributed by atoms with Crippen LogP contribution in [0.4, 0.5) is 0 Å². The SMILES string of the molecule is C[C@H](NC(=O)C1(NCCOc2cccc(Cl)c2)CCCC1)C12CC(C(=O)O)(C1)C2. The summed E-state index contributed by atoms with van der Waals surface area (Å²) in [6, 6.07) is 7.28. The minimum Gasteiger partial charge on any atom is -0.492 e. The predicted octanol–water partition coefficient (Wildman–Crippen LogP) is 3.38. The smallest absolute Gasteiger partial charge is 0.309 e. The van der Waals surface area contributed by atoms with Gasteiger partial charge in [0.05, 0.1) is 11.0 Å². The van der Waals surface area contributed by atoms with Crippen molar-refractivity contribution in [3.63, 3.8) is 0 Å². The van der Waals surface area contributed by atoms with Gasteiger partial charge < -0.3 is 15.2 Å². The van der Waals surface area contributed by atoms with E-state index in [2.05, 4.69) is 10.6 Å². The Morgan fingerprint density at radius 2 is 1.93 bits per heavy atom. The monoisotopic (exact) mass is 420 g/mol. The second kappa shape index (κ2) is 7.47. The summed E-state index contributed by atoms with van der Waals surface area (Å²) in [4.78, 5) is 24.5. The summed E-state index contributed by atoms with van der Waals surface area (Å²) in [6.07, 6.45) is 5.73. The number of carboxylic acids is 1. The summed E-state index contributed by atoms with van der Waals surface area (Å²) in [7, 11) is 0. The summed E-state index contributed by atoms with van der Waals surface area (Å²) in [5.74, 6) is 0.0692. The number of ether oxygens (including phenoxy) is 1. The average Bonchev–Trinajstić information content (AvgIpc) is 3.06. The fraction of sp³-hybridized carbons (Fsp3) is 0.636. The van der Waals surface area contributed by atoms with Gasteiger partial charge in [-0.1, -0.05) is 30.5 Å². The molecule has 4 aliphatic rings. The van der Waals surface area contributed by atoms with Gasteiger partial charge in [-0.25, -0.2) is 0 Å². The van der Waals surface area contributed by atoms with E-state index in [1.807, 2.05) is 19.1 Å². The van der Waals surface area contributed by atoms with Crippen molar-refractivity contribution in [2.45, 2.75) is 63.5 Å². The van der Waals surface area contributed by atoms with E-state index in [0.29, 0.717) is 43.2 Å². The minimum atomic E-state index is -0.688. The van der Waals surface area contributed by atoms with Gasteiger partial charge in [0, 0.05) is 17.6 Å². The highest BCUT2D eigenvalue weighted by Gasteiger charge is 2.73. The number of halogens is 1. The Labute approximate surface area is 176 Å². The molecule has 0 radical (unpaired) electrons. The zero-order chi connectivity index (χ0) is 20.7. The lowest BCUT2D eigenvalue weighted by Gasteiger charge is -2.70. The Morgan fingerprint density at radius 3 is 2.55 bits per heavy atom. The lowest BCUT2D eigenvalue weighted by atomic mass is 9.33. The van der Waals surface area contributed by atoms with Crippen molar-refractivity contribution in [3.05, 3.63) is 29.3 Å². The van der Waals surface area contributed by atoms with Gasteiger partial charge in [-0.2, -0.15) is 0 Å². The van der Waals surface area contributed by atoms with E-state index in [1.54, 1.807) is 12.1 Å². The fourth-order valence-electron chi connectivity index (χ4n) is 5.52. The Balaban J connectivity index is 1.29. The molecule has 4 saturated carbocycles. The summed E-state index contributed by atoms with van der Waals surface area (Å²) in [5.41, 5.74) is -1.09. The van der Waals surface area contributed by atoms with Gasteiger partial charge >= 0.3 is 5.97 Å². The molecule has 3 N–H and O–H groups in total. The van der Waals surface area contributed by atoms with Crippen molar-refractivity contribution in [3.8, 4) is 5.75 Å². The van der Waals surface area contributed by atoms with Crippen LogP contribution in [0.5, 0.6) is 5.75 Å². The largest absolute Gasteiger partial charge is 0.492 e. The van der Waals surface area contributed by atoms with Crippen molar-refractivity contribution in [2.24, 2.45) is 10.8 Å². The third kappa shape index (κ3) is 3.61. The van der Waals surface area contributed by atoms with Gasteiger partial charge in [0.25, 0.3) is 0 Å². The van der Waals surface area contributed by atoms with Gasteiger partial charge in [0.2, 0.25) is 5.91 Å². The summed E-state index contributed by atoms with van der Waals surface area (Å²) < 4.78 is 5.74. The van der Waals surface area contributed by atoms with Crippen LogP contribution in [0.1, 0.15) is 51.9 Å². The molecule has 0 spiro atoms. The van der Waals surface area contributed by atoms with Crippen LogP contribution in [0.25, 0.3) is 0 Å². The van der Waals surface area contributed by atoms with Crippen molar-refractivity contribution in [2.75, 3.05) is 13.2 Å². The predicted molar refractivity (Wildman–Crippen MR) is 110 cm³/mol. The Hall–Kier alpha value is -1.79. The first-order valence-electron chi connectivity index (χ1n) is 10.5. The van der Waals surface area contributed by atoms with Crippen molar-refractivity contribution < 1.29 is 19.4 Å². The minimum absolute atomic E-state index is 0.00166. The van der Waals surface area contributed by atoms with Gasteiger partial charge in [-0.3, -0.25) is 14.9 Å². The second-order valence-electron chi connectivity index (χ2n) is 9.20. The third-order valence-electron chi connectivity index (χ3n) is 7.31. The zero-order valence-corrected chi connectivity index (χ0v) is 17.6. The highest BCUT2D eigenvalue weighted by Crippen LogP contribution is 2.74. The first-order valence-corrected chi connectivity index (χ1v) is 10.8. The second-order valence-corrected chi connectivity index (χ2v) is 9.63. The Kier molecular flexibility index (Phi) is 5.28. The van der Waals surface area contributed by atoms with Crippen molar-refractivity contribution in [1.82, 2.24) is 10.6 Å². The number of nitrogens with one attached hydrogen (secondary N) is 2. The van der Waals surface area contributed by atoms with Crippen molar-refractivity contribution >= 4 is 23.5 Å². The molecule has 1 aromatic carbocycles. The molecule has 158 valence electrons. The number of carboxylic acid groups (broad SMARTS) is 1. The van der Waals surface area contributed by atoms with Crippen LogP contribution in [-0.4, -0.2) is 41.7 Å². The number of amides is 1. The highest BCUT2D eigenvalue weighted by molar-refractivity contribution is 6.30. The van der Waals surface area contributed by atoms with E-state index in [4.69, 9.17) is 16.3 Å². The quantitative estimate of drug-likeness (QED) is 0.533. The standard InChI is InChI=1S/C22H29ClN2O4/c1-15(20-12-21(13-20,14-20)19(27)28)25-18(26)22(7-2-3-8-22)24-9-10-29-17-6-4-5-16(23)11-17/h4-6,11,15,24H,2-3,7-10,12-14H2,1H3,(H,25,26)(H,27,28)/t15-,20?,21?/m0/s1. The normalized spacial score (nSPS) is 30.0. The molecule has 2 bridgehead atoms. The van der Waals surface area contributed by atoms with Gasteiger partial charge in [-0.15, -0.1) is 0 Å². The number of aliphatic carboxylic acids is 1. The summed E-state index contributed by atoms with van der Waals surface area (Å²) in [5, 5.41) is 16.6. The van der Waals surface area contributed by atoms with Crippen LogP contribution in [0.2, 0.25) is 5.02 Å². The van der Waals surface area contributed by atoms with Crippen LogP contribution in [0, 0.1) is 10.8 Å². The maximum absolute atomic E-state index is 13.2. The molecule has 0 saturated heterocycles. The molecule has 0 aromatic heterocycles. The molecular formula is C22H29ClN2O4. The van der Waals surface area contributed by atoms with Crippen LogP contribution in [0.15, 0.2) is 24.3 Å². The maximum atomic E-state index is 13.2. The van der Waals surface area contributed by atoms with Crippen LogP contribution < -0.4 is 15.4 Å². The molecule has 1 aromatic rings. The molecule has 7 heteroatoms. The lowest BCUT2D eigenvalue weighted by molar-refractivity contribution is -0.231. The number of carbonyl (C=O) groups excluding carboxylic acids is 1. The summed E-state index contributed by atoms with van der Waals surface area (Å²) in [6.45, 7) is 3.05. The van der Waals surface area contributed by atoms with E-state index in [9.17, 15) is 14.7 Å². The molecule has 1 atom stereocenters. The van der Waals surface area contributed by atoms with Gasteiger partial charge in [0.15, 0.2) is 0 Å². The maximum Gasteiger partial charge on any atom is 0.309 e. The third-order valence-corrected chi connectivity index (χ3v) is 7.55. The topological polar surface area (TPSA) is 87.7 Å². The fourth-order valence-corrected chi connectivity index (χ4v) is 5.70. The molecule has 0 aliphatic heterocycles. The molecule has 29 heavy (non-hydrogen) atoms. The first kappa shape index (κ1) is 20.5. The van der Waals surface area contributed by atoms with E-state index >= 15 is 0 Å². The Morgan fingerprint density at radius 1 is 1.24 bits per heavy atom. The number of hydrogen-bond acceptors (Lipinski definition) is 4. The lowest BCUT2D eigenvalue weighted by Crippen LogP contribution is -2.72. The van der Waals surface area contributed by atoms with Crippen LogP contribution in [-0.2, 0) is 9.59 Å². The van der Waals surface area contributed by atoms with E-state index in [1.165, 1.54) is 0 Å². The molecule has 1 amide bonds. The van der Waals surface area contributed by atoms with Crippen LogP contribution in [0.3, 0.4) is 0 Å². The number of benzene rings is 1. The van der Waals surface area contributed by atoms with Gasteiger partial charge in [-0.05, 0) is 62.6 Å². The average molecular weight is 421 g/mol. The molecule has 0 unspecified atom stereocenters. The first-order chi connectivity index (χ1) is 13.8. The molecule has 0 heterocycles.